The van der Waals surface area contributed by atoms with E-state index in [1.165, 1.54) is 0 Å². The largest absolute Gasteiger partial charge is 0.260 e. The summed E-state index contributed by atoms with van der Waals surface area (Å²) in [5.74, 6) is -11.4. The predicted molar refractivity (Wildman–Crippen MR) is 82.7 cm³/mol. The minimum Gasteiger partial charge on any atom is -0.247 e. The van der Waals surface area contributed by atoms with E-state index in [2.05, 4.69) is 0 Å². The van der Waals surface area contributed by atoms with Gasteiger partial charge in [-0.05, 0) is 48.8 Å². The summed E-state index contributed by atoms with van der Waals surface area (Å²) in [6.45, 7) is 1.99. The second kappa shape index (κ2) is 6.84. The molecule has 0 N–H and O–H groups in total. The van der Waals surface area contributed by atoms with E-state index in [0.717, 1.165) is 12.8 Å². The van der Waals surface area contributed by atoms with Gasteiger partial charge in [0.2, 0.25) is 0 Å². The summed E-state index contributed by atoms with van der Waals surface area (Å²) in [5.41, 5.74) is -0.285. The minimum absolute atomic E-state index is 0.0263. The molecule has 0 spiro atoms. The van der Waals surface area contributed by atoms with Crippen LogP contribution >= 0.6 is 0 Å². The van der Waals surface area contributed by atoms with E-state index in [1.807, 2.05) is 6.92 Å². The molecule has 2 fully saturated rings. The van der Waals surface area contributed by atoms with Crippen molar-refractivity contribution in [2.45, 2.75) is 63.5 Å². The molecule has 140 valence electrons. The van der Waals surface area contributed by atoms with Crippen LogP contribution in [0.2, 0.25) is 0 Å². The van der Waals surface area contributed by atoms with Gasteiger partial charge in [-0.1, -0.05) is 26.2 Å². The Bertz CT molecular complexity index is 605. The minimum atomic E-state index is -3.40. The Labute approximate surface area is 143 Å². The Morgan fingerprint density at radius 2 is 1.68 bits per heavy atom. The monoisotopic (exact) mass is 364 g/mol. The van der Waals surface area contributed by atoms with Gasteiger partial charge in [-0.25, -0.2) is 26.3 Å². The number of alkyl halides is 3. The van der Waals surface area contributed by atoms with Crippen LogP contribution in [-0.4, -0.2) is 12.1 Å². The van der Waals surface area contributed by atoms with Crippen molar-refractivity contribution in [3.8, 4) is 0 Å². The van der Waals surface area contributed by atoms with E-state index < -0.39 is 47.3 Å². The lowest BCUT2D eigenvalue weighted by Gasteiger charge is -2.28. The normalized spacial score (nSPS) is 34.6. The number of fused-ring (bicyclic) bond motifs is 1. The Hall–Kier alpha value is -1.20. The molecule has 1 aromatic carbocycles. The van der Waals surface area contributed by atoms with Crippen molar-refractivity contribution in [1.29, 1.82) is 0 Å². The first-order chi connectivity index (χ1) is 11.8. The van der Waals surface area contributed by atoms with Gasteiger partial charge in [0.05, 0.1) is 5.92 Å². The summed E-state index contributed by atoms with van der Waals surface area (Å²) in [7, 11) is 0. The average Bonchev–Trinajstić information content (AvgIpc) is 2.69. The molecule has 5 unspecified atom stereocenters. The molecule has 0 amide bonds. The van der Waals surface area contributed by atoms with Crippen LogP contribution in [0.5, 0.6) is 0 Å². The van der Waals surface area contributed by atoms with Crippen molar-refractivity contribution in [3.63, 3.8) is 0 Å². The number of benzene rings is 1. The molecule has 0 bridgehead atoms. The third-order valence-corrected chi connectivity index (χ3v) is 5.95. The summed E-state index contributed by atoms with van der Waals surface area (Å²) in [4.78, 5) is 0. The fourth-order valence-electron chi connectivity index (χ4n) is 4.82. The molecule has 2 saturated carbocycles. The standard InChI is InChI=1S/C19H22F6/c1-2-3-10-4-5-11-7-13(19(24,25)17(11)14(20)6-10)12-8-15(21)18(23)16(22)9-12/h8-11,13-14,17H,2-7H2,1H3. The molecule has 0 saturated heterocycles. The Morgan fingerprint density at radius 1 is 1.04 bits per heavy atom. The van der Waals surface area contributed by atoms with E-state index >= 15 is 0 Å². The highest BCUT2D eigenvalue weighted by atomic mass is 19.3. The van der Waals surface area contributed by atoms with E-state index in [9.17, 15) is 26.3 Å². The third-order valence-electron chi connectivity index (χ3n) is 5.95. The summed E-state index contributed by atoms with van der Waals surface area (Å²) >= 11 is 0. The molecule has 0 nitrogen and oxygen atoms in total. The van der Waals surface area contributed by atoms with Crippen molar-refractivity contribution in [3.05, 3.63) is 35.1 Å². The number of rotatable bonds is 3. The van der Waals surface area contributed by atoms with Crippen LogP contribution in [0, 0.1) is 35.2 Å². The molecule has 6 heteroatoms. The molecule has 25 heavy (non-hydrogen) atoms. The van der Waals surface area contributed by atoms with Gasteiger partial charge in [0.15, 0.2) is 17.5 Å². The molecule has 1 aromatic rings. The zero-order valence-electron chi connectivity index (χ0n) is 14.1. The lowest BCUT2D eigenvalue weighted by Crippen LogP contribution is -2.36. The van der Waals surface area contributed by atoms with Crippen LogP contribution in [0.1, 0.15) is 56.9 Å². The summed E-state index contributed by atoms with van der Waals surface area (Å²) in [5, 5.41) is 0. The zero-order chi connectivity index (χ0) is 18.4. The number of halogens is 6. The maximum absolute atomic E-state index is 15.0. The lowest BCUT2D eigenvalue weighted by molar-refractivity contribution is -0.0870. The van der Waals surface area contributed by atoms with Gasteiger partial charge in [0.25, 0.3) is 5.92 Å². The van der Waals surface area contributed by atoms with Gasteiger partial charge in [-0.3, -0.25) is 0 Å². The van der Waals surface area contributed by atoms with Crippen LogP contribution in [-0.2, 0) is 0 Å². The molecule has 2 aliphatic carbocycles. The Morgan fingerprint density at radius 3 is 2.28 bits per heavy atom. The first-order valence-electron chi connectivity index (χ1n) is 8.92. The van der Waals surface area contributed by atoms with Crippen LogP contribution in [0.15, 0.2) is 12.1 Å². The highest BCUT2D eigenvalue weighted by molar-refractivity contribution is 5.28. The summed E-state index contributed by atoms with van der Waals surface area (Å²) in [6, 6.07) is 1.24. The van der Waals surface area contributed by atoms with Crippen LogP contribution < -0.4 is 0 Å². The van der Waals surface area contributed by atoms with Crippen LogP contribution in [0.3, 0.4) is 0 Å². The second-order valence-corrected chi connectivity index (χ2v) is 7.53. The SMILES string of the molecule is CCCC1CCC2CC(c3cc(F)c(F)c(F)c3)C(F)(F)C2C(F)C1. The van der Waals surface area contributed by atoms with Gasteiger partial charge in [-0.15, -0.1) is 0 Å². The lowest BCUT2D eigenvalue weighted by atomic mass is 9.86. The first-order valence-corrected chi connectivity index (χ1v) is 8.92. The average molecular weight is 364 g/mol. The second-order valence-electron chi connectivity index (χ2n) is 7.53. The van der Waals surface area contributed by atoms with Crippen molar-refractivity contribution in [2.24, 2.45) is 17.8 Å². The van der Waals surface area contributed by atoms with Crippen molar-refractivity contribution < 1.29 is 26.3 Å². The molecule has 0 aromatic heterocycles. The molecular formula is C19H22F6. The molecular weight excluding hydrogens is 342 g/mol. The number of hydrogen-bond acceptors (Lipinski definition) is 0. The van der Waals surface area contributed by atoms with Gasteiger partial charge >= 0.3 is 0 Å². The van der Waals surface area contributed by atoms with E-state index in [4.69, 9.17) is 0 Å². The third kappa shape index (κ3) is 3.28. The fraction of sp³-hybridized carbons (Fsp3) is 0.684. The Kier molecular flexibility index (Phi) is 5.09. The quantitative estimate of drug-likeness (QED) is 0.430. The van der Waals surface area contributed by atoms with Gasteiger partial charge < -0.3 is 0 Å². The zero-order valence-corrected chi connectivity index (χ0v) is 14.1. The molecule has 0 radical (unpaired) electrons. The van der Waals surface area contributed by atoms with Gasteiger partial charge in [-0.2, -0.15) is 0 Å². The molecule has 2 aliphatic rings. The number of hydrogen-bond donors (Lipinski definition) is 0. The predicted octanol–water partition coefficient (Wildman–Crippen LogP) is 6.40. The van der Waals surface area contributed by atoms with Gasteiger partial charge in [0.1, 0.15) is 6.17 Å². The maximum atomic E-state index is 15.0. The fourth-order valence-corrected chi connectivity index (χ4v) is 4.82. The van der Waals surface area contributed by atoms with Crippen molar-refractivity contribution >= 4 is 0 Å². The van der Waals surface area contributed by atoms with Crippen molar-refractivity contribution in [2.75, 3.05) is 0 Å². The highest BCUT2D eigenvalue weighted by Crippen LogP contribution is 2.58. The van der Waals surface area contributed by atoms with Crippen LogP contribution in [0.25, 0.3) is 0 Å². The molecule has 3 rings (SSSR count). The van der Waals surface area contributed by atoms with E-state index in [0.29, 0.717) is 25.0 Å². The molecule has 0 heterocycles. The van der Waals surface area contributed by atoms with E-state index in [-0.39, 0.29) is 24.3 Å². The van der Waals surface area contributed by atoms with Crippen molar-refractivity contribution in [1.82, 2.24) is 0 Å². The topological polar surface area (TPSA) is 0 Å². The highest BCUT2D eigenvalue weighted by Gasteiger charge is 2.61. The maximum Gasteiger partial charge on any atom is 0.260 e. The Balaban J connectivity index is 1.89. The van der Waals surface area contributed by atoms with Crippen LogP contribution in [0.4, 0.5) is 26.3 Å². The summed E-state index contributed by atoms with van der Waals surface area (Å²) < 4.78 is 84.6. The van der Waals surface area contributed by atoms with Gasteiger partial charge in [0, 0.05) is 5.92 Å². The molecule has 0 aliphatic heterocycles. The smallest absolute Gasteiger partial charge is 0.247 e. The molecule has 5 atom stereocenters. The van der Waals surface area contributed by atoms with E-state index in [1.54, 1.807) is 0 Å². The first kappa shape index (κ1) is 18.6. The summed E-state index contributed by atoms with van der Waals surface area (Å²) in [6.07, 6.45) is 1.37.